The van der Waals surface area contributed by atoms with Crippen molar-refractivity contribution in [3.63, 3.8) is 0 Å². The molecule has 0 bridgehead atoms. The Morgan fingerprint density at radius 1 is 0.852 bits per heavy atom. The smallest absolute Gasteiger partial charge is 0.0917 e. The highest BCUT2D eigenvalue weighted by molar-refractivity contribution is 6.30. The van der Waals surface area contributed by atoms with Crippen LogP contribution in [0.4, 0.5) is 0 Å². The number of aliphatic hydroxyl groups is 1. The average Bonchev–Trinajstić information content (AvgIpc) is 2.71. The van der Waals surface area contributed by atoms with Gasteiger partial charge in [-0.15, -0.1) is 0 Å². The summed E-state index contributed by atoms with van der Waals surface area (Å²) >= 11 is 5.97. The molecule has 1 N–H and O–H groups in total. The monoisotopic (exact) mass is 384 g/mol. The van der Waals surface area contributed by atoms with Crippen LogP contribution in [0.15, 0.2) is 42.5 Å². The number of rotatable bonds is 5. The topological polar surface area (TPSA) is 26.7 Å². The predicted octanol–water partition coefficient (Wildman–Crippen LogP) is 4.07. The van der Waals surface area contributed by atoms with Crippen LogP contribution in [0, 0.1) is 0 Å². The van der Waals surface area contributed by atoms with Gasteiger partial charge < -0.3 is 5.11 Å². The molecule has 1 aliphatic heterocycles. The molecule has 2 aromatic carbocycles. The number of aryl methyl sites for hydroxylation is 2. The summed E-state index contributed by atoms with van der Waals surface area (Å²) in [6, 6.07) is 14.7. The maximum Gasteiger partial charge on any atom is 0.0917 e. The largest absolute Gasteiger partial charge is 0.387 e. The average molecular weight is 385 g/mol. The summed E-state index contributed by atoms with van der Waals surface area (Å²) in [6.45, 7) is 5.80. The Morgan fingerprint density at radius 2 is 1.52 bits per heavy atom. The summed E-state index contributed by atoms with van der Waals surface area (Å²) < 4.78 is 0. The molecule has 27 heavy (non-hydrogen) atoms. The highest BCUT2D eigenvalue weighted by atomic mass is 35.5. The van der Waals surface area contributed by atoms with Gasteiger partial charge in [0.2, 0.25) is 0 Å². The van der Waals surface area contributed by atoms with Crippen molar-refractivity contribution < 1.29 is 5.11 Å². The number of fused-ring (bicyclic) bond motifs is 1. The van der Waals surface area contributed by atoms with Crippen LogP contribution in [-0.2, 0) is 19.4 Å². The fourth-order valence-corrected chi connectivity index (χ4v) is 4.41. The molecule has 0 spiro atoms. The number of piperazine rings is 1. The van der Waals surface area contributed by atoms with E-state index in [4.69, 9.17) is 11.6 Å². The molecule has 0 saturated carbocycles. The summed E-state index contributed by atoms with van der Waals surface area (Å²) in [6.07, 6.45) is 4.55. The fourth-order valence-electron chi connectivity index (χ4n) is 4.29. The number of hydrogen-bond donors (Lipinski definition) is 1. The Morgan fingerprint density at radius 3 is 2.26 bits per heavy atom. The van der Waals surface area contributed by atoms with Gasteiger partial charge in [0, 0.05) is 44.3 Å². The Labute approximate surface area is 167 Å². The second-order valence-electron chi connectivity index (χ2n) is 7.95. The third-order valence-electron chi connectivity index (χ3n) is 5.97. The van der Waals surface area contributed by atoms with Gasteiger partial charge in [-0.3, -0.25) is 9.80 Å². The zero-order chi connectivity index (χ0) is 18.6. The van der Waals surface area contributed by atoms with Gasteiger partial charge in [-0.1, -0.05) is 41.9 Å². The lowest BCUT2D eigenvalue weighted by atomic mass is 9.89. The van der Waals surface area contributed by atoms with Crippen LogP contribution < -0.4 is 0 Å². The second-order valence-corrected chi connectivity index (χ2v) is 8.39. The third kappa shape index (κ3) is 4.91. The molecule has 2 aliphatic rings. The Hall–Kier alpha value is -1.39. The van der Waals surface area contributed by atoms with Gasteiger partial charge in [-0.25, -0.2) is 0 Å². The normalized spacial score (nSPS) is 19.6. The Balaban J connectivity index is 1.28. The van der Waals surface area contributed by atoms with E-state index in [1.54, 1.807) is 0 Å². The van der Waals surface area contributed by atoms with Crippen LogP contribution in [0.25, 0.3) is 0 Å². The van der Waals surface area contributed by atoms with Crippen LogP contribution in [0.1, 0.15) is 41.2 Å². The summed E-state index contributed by atoms with van der Waals surface area (Å²) in [4.78, 5) is 4.87. The molecule has 4 heteroatoms. The number of β-amino-alcohol motifs (C(OH)–C–C–N with tert-alkyl or cyclic N) is 1. The number of hydrogen-bond acceptors (Lipinski definition) is 3. The first-order valence-corrected chi connectivity index (χ1v) is 10.5. The minimum atomic E-state index is -0.389. The molecular weight excluding hydrogens is 356 g/mol. The van der Waals surface area contributed by atoms with E-state index in [0.717, 1.165) is 49.9 Å². The lowest BCUT2D eigenvalue weighted by Gasteiger charge is -2.35. The van der Waals surface area contributed by atoms with Gasteiger partial charge in [0.25, 0.3) is 0 Å². The zero-order valence-corrected chi connectivity index (χ0v) is 16.7. The molecule has 0 amide bonds. The van der Waals surface area contributed by atoms with Crippen LogP contribution in [0.3, 0.4) is 0 Å². The molecule has 1 aliphatic carbocycles. The predicted molar refractivity (Wildman–Crippen MR) is 111 cm³/mol. The van der Waals surface area contributed by atoms with E-state index in [2.05, 4.69) is 40.1 Å². The zero-order valence-electron chi connectivity index (χ0n) is 15.9. The molecule has 0 radical (unpaired) electrons. The molecule has 0 unspecified atom stereocenters. The van der Waals surface area contributed by atoms with Crippen molar-refractivity contribution >= 4 is 11.6 Å². The van der Waals surface area contributed by atoms with Crippen molar-refractivity contribution in [3.8, 4) is 0 Å². The molecule has 0 aromatic heterocycles. The van der Waals surface area contributed by atoms with Gasteiger partial charge in [-0.05, 0) is 60.1 Å². The van der Waals surface area contributed by atoms with Crippen molar-refractivity contribution in [1.82, 2.24) is 9.80 Å². The molecule has 4 rings (SSSR count). The van der Waals surface area contributed by atoms with Crippen molar-refractivity contribution in [1.29, 1.82) is 0 Å². The van der Waals surface area contributed by atoms with Crippen LogP contribution in [-0.4, -0.2) is 47.6 Å². The Bertz CT molecular complexity index is 753. The lowest BCUT2D eigenvalue weighted by Crippen LogP contribution is -2.47. The van der Waals surface area contributed by atoms with Crippen LogP contribution in [0.2, 0.25) is 5.02 Å². The van der Waals surface area contributed by atoms with E-state index in [1.807, 2.05) is 12.1 Å². The van der Waals surface area contributed by atoms with E-state index in [-0.39, 0.29) is 6.10 Å². The van der Waals surface area contributed by atoms with Crippen LogP contribution >= 0.6 is 11.6 Å². The standard InChI is InChI=1S/C23H29ClN2O/c24-22-9-5-18(6-10-22)16-25-11-13-26(14-12-25)17-23(27)21-8-7-19-3-1-2-4-20(19)15-21/h5-10,15,23,27H,1-4,11-14,16-17H2/t23-/m1/s1. The van der Waals surface area contributed by atoms with Crippen molar-refractivity contribution in [2.24, 2.45) is 0 Å². The van der Waals surface area contributed by atoms with E-state index < -0.39 is 0 Å². The molecule has 1 atom stereocenters. The number of halogens is 1. The molecular formula is C23H29ClN2O. The maximum absolute atomic E-state index is 10.7. The van der Waals surface area contributed by atoms with Gasteiger partial charge in [0.15, 0.2) is 0 Å². The molecule has 2 aromatic rings. The SMILES string of the molecule is O[C@H](CN1CCN(Cc2ccc(Cl)cc2)CC1)c1ccc2c(c1)CCCC2. The summed E-state index contributed by atoms with van der Waals surface area (Å²) in [5.74, 6) is 0. The number of nitrogens with zero attached hydrogens (tertiary/aromatic N) is 2. The van der Waals surface area contributed by atoms with Crippen molar-refractivity contribution in [2.75, 3.05) is 32.7 Å². The molecule has 1 heterocycles. The highest BCUT2D eigenvalue weighted by Gasteiger charge is 2.21. The van der Waals surface area contributed by atoms with Gasteiger partial charge >= 0.3 is 0 Å². The summed E-state index contributed by atoms with van der Waals surface area (Å²) in [7, 11) is 0. The highest BCUT2D eigenvalue weighted by Crippen LogP contribution is 2.25. The van der Waals surface area contributed by atoms with E-state index >= 15 is 0 Å². The minimum Gasteiger partial charge on any atom is -0.387 e. The van der Waals surface area contributed by atoms with E-state index in [9.17, 15) is 5.11 Å². The molecule has 1 saturated heterocycles. The van der Waals surface area contributed by atoms with E-state index in [1.165, 1.54) is 42.4 Å². The number of benzene rings is 2. The first-order valence-electron chi connectivity index (χ1n) is 10.2. The van der Waals surface area contributed by atoms with Gasteiger partial charge in [0.1, 0.15) is 0 Å². The lowest BCUT2D eigenvalue weighted by molar-refractivity contribution is 0.0700. The second kappa shape index (κ2) is 8.74. The third-order valence-corrected chi connectivity index (χ3v) is 6.22. The van der Waals surface area contributed by atoms with E-state index in [0.29, 0.717) is 0 Å². The van der Waals surface area contributed by atoms with Gasteiger partial charge in [-0.2, -0.15) is 0 Å². The first kappa shape index (κ1) is 18.9. The van der Waals surface area contributed by atoms with Gasteiger partial charge in [0.05, 0.1) is 6.10 Å². The molecule has 1 fully saturated rings. The Kier molecular flexibility index (Phi) is 6.14. The van der Waals surface area contributed by atoms with Crippen molar-refractivity contribution in [2.45, 2.75) is 38.3 Å². The maximum atomic E-state index is 10.7. The molecule has 144 valence electrons. The quantitative estimate of drug-likeness (QED) is 0.841. The fraction of sp³-hybridized carbons (Fsp3) is 0.478. The summed E-state index contributed by atoms with van der Waals surface area (Å²) in [5, 5.41) is 11.5. The first-order chi connectivity index (χ1) is 13.2. The van der Waals surface area contributed by atoms with Crippen molar-refractivity contribution in [3.05, 3.63) is 69.7 Å². The summed E-state index contributed by atoms with van der Waals surface area (Å²) in [5.41, 5.74) is 5.32. The minimum absolute atomic E-state index is 0.389. The number of aliphatic hydroxyl groups excluding tert-OH is 1. The van der Waals surface area contributed by atoms with Crippen LogP contribution in [0.5, 0.6) is 0 Å². The molecule has 3 nitrogen and oxygen atoms in total.